The van der Waals surface area contributed by atoms with E-state index in [1.165, 1.54) is 12.1 Å². The summed E-state index contributed by atoms with van der Waals surface area (Å²) in [5.41, 5.74) is 2.77. The highest BCUT2D eigenvalue weighted by molar-refractivity contribution is 5.95. The Labute approximate surface area is 215 Å². The van der Waals surface area contributed by atoms with Crippen molar-refractivity contribution in [2.45, 2.75) is 13.0 Å². The second-order valence-corrected chi connectivity index (χ2v) is 8.33. The molecule has 4 aromatic rings. The molecule has 7 heteroatoms. The van der Waals surface area contributed by atoms with Gasteiger partial charge in [-0.15, -0.1) is 0 Å². The zero-order valence-electron chi connectivity index (χ0n) is 20.4. The Morgan fingerprint density at radius 2 is 1.54 bits per heavy atom. The van der Waals surface area contributed by atoms with Crippen molar-refractivity contribution in [2.75, 3.05) is 23.9 Å². The molecule has 2 amide bonds. The van der Waals surface area contributed by atoms with Gasteiger partial charge in [0.15, 0.2) is 6.61 Å². The number of nitrogens with one attached hydrogen (secondary N) is 1. The second-order valence-electron chi connectivity index (χ2n) is 8.33. The molecule has 4 aromatic carbocycles. The van der Waals surface area contributed by atoms with E-state index in [-0.39, 0.29) is 37.2 Å². The first kappa shape index (κ1) is 25.4. The predicted molar refractivity (Wildman–Crippen MR) is 141 cm³/mol. The maximum atomic E-state index is 13.4. The summed E-state index contributed by atoms with van der Waals surface area (Å²) >= 11 is 0. The lowest BCUT2D eigenvalue weighted by molar-refractivity contribution is -0.120. The molecule has 0 saturated heterocycles. The SMILES string of the molecule is COc1ccc(NC(=O)Cc2cccc(N(Cc3ccc(F)cc3)C(=O)COc3ccccc3)c2)cc1. The van der Waals surface area contributed by atoms with Crippen LogP contribution in [0.3, 0.4) is 0 Å². The van der Waals surface area contributed by atoms with E-state index in [1.54, 1.807) is 78.7 Å². The van der Waals surface area contributed by atoms with Gasteiger partial charge in [-0.1, -0.05) is 42.5 Å². The van der Waals surface area contributed by atoms with Crippen molar-refractivity contribution in [2.24, 2.45) is 0 Å². The summed E-state index contributed by atoms with van der Waals surface area (Å²) in [6.45, 7) is 0.0478. The summed E-state index contributed by atoms with van der Waals surface area (Å²) in [7, 11) is 1.58. The molecule has 1 N–H and O–H groups in total. The summed E-state index contributed by atoms with van der Waals surface area (Å²) in [6, 6.07) is 29.4. The molecule has 0 aliphatic rings. The van der Waals surface area contributed by atoms with Crippen molar-refractivity contribution in [3.8, 4) is 11.5 Å². The third-order valence-corrected chi connectivity index (χ3v) is 5.62. The van der Waals surface area contributed by atoms with Crippen LogP contribution in [-0.2, 0) is 22.6 Å². The molecule has 0 spiro atoms. The topological polar surface area (TPSA) is 67.9 Å². The van der Waals surface area contributed by atoms with Gasteiger partial charge in [-0.25, -0.2) is 4.39 Å². The van der Waals surface area contributed by atoms with Crippen LogP contribution in [0.2, 0.25) is 0 Å². The molecule has 0 unspecified atom stereocenters. The summed E-state index contributed by atoms with van der Waals surface area (Å²) in [5.74, 6) is 0.479. The Kier molecular flexibility index (Phi) is 8.49. The van der Waals surface area contributed by atoms with Crippen molar-refractivity contribution in [1.29, 1.82) is 0 Å². The Bertz CT molecular complexity index is 1330. The molecule has 0 bridgehead atoms. The molecule has 0 radical (unpaired) electrons. The van der Waals surface area contributed by atoms with E-state index >= 15 is 0 Å². The van der Waals surface area contributed by atoms with Gasteiger partial charge in [0.1, 0.15) is 17.3 Å². The van der Waals surface area contributed by atoms with Crippen molar-refractivity contribution in [3.63, 3.8) is 0 Å². The molecular weight excluding hydrogens is 471 g/mol. The Morgan fingerprint density at radius 3 is 2.24 bits per heavy atom. The number of amides is 2. The number of halogens is 1. The largest absolute Gasteiger partial charge is 0.497 e. The number of nitrogens with zero attached hydrogens (tertiary/aromatic N) is 1. The van der Waals surface area contributed by atoms with Crippen LogP contribution in [0.1, 0.15) is 11.1 Å². The van der Waals surface area contributed by atoms with Crippen molar-refractivity contribution in [3.05, 3.63) is 120 Å². The van der Waals surface area contributed by atoms with Gasteiger partial charge in [0.2, 0.25) is 5.91 Å². The molecular formula is C30H27FN2O4. The van der Waals surface area contributed by atoms with Crippen LogP contribution in [0.15, 0.2) is 103 Å². The lowest BCUT2D eigenvalue weighted by Crippen LogP contribution is -2.34. The summed E-state index contributed by atoms with van der Waals surface area (Å²) < 4.78 is 24.3. The number of methoxy groups -OCH3 is 1. The minimum Gasteiger partial charge on any atom is -0.497 e. The number of para-hydroxylation sites is 1. The van der Waals surface area contributed by atoms with E-state index in [2.05, 4.69) is 5.32 Å². The van der Waals surface area contributed by atoms with Crippen LogP contribution in [0, 0.1) is 5.82 Å². The quantitative estimate of drug-likeness (QED) is 0.308. The summed E-state index contributed by atoms with van der Waals surface area (Å²) in [4.78, 5) is 27.5. The van der Waals surface area contributed by atoms with Gasteiger partial charge in [-0.2, -0.15) is 0 Å². The van der Waals surface area contributed by atoms with E-state index in [1.807, 2.05) is 24.3 Å². The van der Waals surface area contributed by atoms with Crippen LogP contribution >= 0.6 is 0 Å². The van der Waals surface area contributed by atoms with Gasteiger partial charge in [0.25, 0.3) is 5.91 Å². The van der Waals surface area contributed by atoms with Crippen LogP contribution in [-0.4, -0.2) is 25.5 Å². The molecule has 0 aliphatic heterocycles. The van der Waals surface area contributed by atoms with E-state index in [9.17, 15) is 14.0 Å². The Morgan fingerprint density at radius 1 is 0.811 bits per heavy atom. The number of carbonyl (C=O) groups excluding carboxylic acids is 2. The van der Waals surface area contributed by atoms with Crippen LogP contribution in [0.4, 0.5) is 15.8 Å². The lowest BCUT2D eigenvalue weighted by atomic mass is 10.1. The maximum absolute atomic E-state index is 13.4. The lowest BCUT2D eigenvalue weighted by Gasteiger charge is -2.24. The van der Waals surface area contributed by atoms with E-state index in [0.717, 1.165) is 11.1 Å². The molecule has 37 heavy (non-hydrogen) atoms. The number of rotatable bonds is 10. The number of anilines is 2. The molecule has 0 atom stereocenters. The van der Waals surface area contributed by atoms with Gasteiger partial charge in [0, 0.05) is 11.4 Å². The highest BCUT2D eigenvalue weighted by atomic mass is 19.1. The first-order valence-corrected chi connectivity index (χ1v) is 11.8. The Hall–Kier alpha value is -4.65. The van der Waals surface area contributed by atoms with E-state index < -0.39 is 0 Å². The normalized spacial score (nSPS) is 10.4. The Balaban J connectivity index is 1.49. The van der Waals surface area contributed by atoms with Crippen LogP contribution in [0.25, 0.3) is 0 Å². The molecule has 0 fully saturated rings. The minimum atomic E-state index is -0.348. The number of hydrogen-bond acceptors (Lipinski definition) is 4. The predicted octanol–water partition coefficient (Wildman–Crippen LogP) is 5.63. The average Bonchev–Trinajstić information content (AvgIpc) is 2.92. The van der Waals surface area contributed by atoms with E-state index in [4.69, 9.17) is 9.47 Å². The second kappa shape index (κ2) is 12.4. The number of benzene rings is 4. The van der Waals surface area contributed by atoms with Gasteiger partial charge in [-0.3, -0.25) is 9.59 Å². The molecule has 188 valence electrons. The third-order valence-electron chi connectivity index (χ3n) is 5.62. The molecule has 4 rings (SSSR count). The fraction of sp³-hybridized carbons (Fsp3) is 0.133. The fourth-order valence-electron chi connectivity index (χ4n) is 3.73. The third kappa shape index (κ3) is 7.41. The number of ether oxygens (including phenoxy) is 2. The molecule has 0 aromatic heterocycles. The summed E-state index contributed by atoms with van der Waals surface area (Å²) in [5, 5.41) is 2.87. The molecule has 0 heterocycles. The highest BCUT2D eigenvalue weighted by Gasteiger charge is 2.18. The van der Waals surface area contributed by atoms with Crippen molar-refractivity contribution in [1.82, 2.24) is 0 Å². The highest BCUT2D eigenvalue weighted by Crippen LogP contribution is 2.22. The van der Waals surface area contributed by atoms with Crippen molar-refractivity contribution >= 4 is 23.2 Å². The van der Waals surface area contributed by atoms with Gasteiger partial charge in [-0.05, 0) is 71.8 Å². The minimum absolute atomic E-state index is 0.124. The first-order chi connectivity index (χ1) is 18.0. The van der Waals surface area contributed by atoms with Crippen molar-refractivity contribution < 1.29 is 23.5 Å². The zero-order chi connectivity index (χ0) is 26.0. The number of carbonyl (C=O) groups is 2. The maximum Gasteiger partial charge on any atom is 0.265 e. The van der Waals surface area contributed by atoms with Gasteiger partial charge >= 0.3 is 0 Å². The van der Waals surface area contributed by atoms with E-state index in [0.29, 0.717) is 22.9 Å². The average molecular weight is 499 g/mol. The fourth-order valence-corrected chi connectivity index (χ4v) is 3.73. The van der Waals surface area contributed by atoms with Gasteiger partial charge < -0.3 is 19.7 Å². The smallest absolute Gasteiger partial charge is 0.265 e. The monoisotopic (exact) mass is 498 g/mol. The number of hydrogen-bond donors (Lipinski definition) is 1. The van der Waals surface area contributed by atoms with Crippen LogP contribution < -0.4 is 19.7 Å². The first-order valence-electron chi connectivity index (χ1n) is 11.8. The molecule has 0 saturated carbocycles. The molecule has 6 nitrogen and oxygen atoms in total. The molecule has 0 aliphatic carbocycles. The van der Waals surface area contributed by atoms with Gasteiger partial charge in [0.05, 0.1) is 20.1 Å². The zero-order valence-corrected chi connectivity index (χ0v) is 20.4. The standard InChI is InChI=1S/C30H27FN2O4/c1-36-27-16-14-25(15-17-27)32-29(34)19-23-6-5-7-26(18-23)33(20-22-10-12-24(31)13-11-22)30(35)21-37-28-8-3-2-4-9-28/h2-18H,19-21H2,1H3,(H,32,34). The van der Waals surface area contributed by atoms with Crippen LogP contribution in [0.5, 0.6) is 11.5 Å². The summed E-state index contributed by atoms with van der Waals surface area (Å²) in [6.07, 6.45) is 0.124.